The highest BCUT2D eigenvalue weighted by atomic mass is 16.3. The number of hydrogen-bond acceptors (Lipinski definition) is 3. The lowest BCUT2D eigenvalue weighted by molar-refractivity contribution is 0.466. The van der Waals surface area contributed by atoms with Gasteiger partial charge in [0.05, 0.1) is 18.3 Å². The van der Waals surface area contributed by atoms with Gasteiger partial charge in [-0.15, -0.1) is 0 Å². The highest BCUT2D eigenvalue weighted by Crippen LogP contribution is 2.27. The van der Waals surface area contributed by atoms with Crippen molar-refractivity contribution in [1.82, 2.24) is 10.3 Å². The van der Waals surface area contributed by atoms with E-state index >= 15 is 0 Å². The second kappa shape index (κ2) is 5.47. The van der Waals surface area contributed by atoms with Crippen LogP contribution < -0.4 is 5.32 Å². The van der Waals surface area contributed by atoms with Crippen LogP contribution in [0.1, 0.15) is 19.6 Å². The SMILES string of the molecule is CC(C)NCc1occc1-c1ccc2cccnc2c1. The Balaban J connectivity index is 1.96. The molecule has 2 heterocycles. The van der Waals surface area contributed by atoms with E-state index in [1.807, 2.05) is 18.3 Å². The molecule has 0 bridgehead atoms. The molecule has 0 aliphatic rings. The first-order valence-electron chi connectivity index (χ1n) is 6.89. The van der Waals surface area contributed by atoms with Gasteiger partial charge in [-0.1, -0.05) is 32.0 Å². The number of furan rings is 1. The third-order valence-electron chi connectivity index (χ3n) is 3.33. The lowest BCUT2D eigenvalue weighted by atomic mass is 10.0. The minimum absolute atomic E-state index is 0.436. The van der Waals surface area contributed by atoms with Gasteiger partial charge in [0.25, 0.3) is 0 Å². The molecule has 0 amide bonds. The van der Waals surface area contributed by atoms with Crippen LogP contribution in [0.3, 0.4) is 0 Å². The van der Waals surface area contributed by atoms with Crippen molar-refractivity contribution in [2.45, 2.75) is 26.4 Å². The predicted octanol–water partition coefficient (Wildman–Crippen LogP) is 3.99. The Morgan fingerprint density at radius 2 is 2.10 bits per heavy atom. The van der Waals surface area contributed by atoms with Crippen molar-refractivity contribution < 1.29 is 4.42 Å². The van der Waals surface area contributed by atoms with Crippen LogP contribution in [-0.4, -0.2) is 11.0 Å². The second-order valence-electron chi connectivity index (χ2n) is 5.20. The Hall–Kier alpha value is -2.13. The maximum atomic E-state index is 5.60. The summed E-state index contributed by atoms with van der Waals surface area (Å²) in [4.78, 5) is 4.41. The Bertz CT molecular complexity index is 716. The molecule has 0 unspecified atom stereocenters. The summed E-state index contributed by atoms with van der Waals surface area (Å²) in [6, 6.07) is 12.8. The number of hydrogen-bond donors (Lipinski definition) is 1. The van der Waals surface area contributed by atoms with Crippen molar-refractivity contribution in [3.05, 3.63) is 54.6 Å². The number of benzene rings is 1. The number of nitrogens with one attached hydrogen (secondary N) is 1. The predicted molar refractivity (Wildman–Crippen MR) is 81.4 cm³/mol. The van der Waals surface area contributed by atoms with Gasteiger partial charge >= 0.3 is 0 Å². The zero-order chi connectivity index (χ0) is 13.9. The molecule has 3 nitrogen and oxygen atoms in total. The van der Waals surface area contributed by atoms with Crippen LogP contribution in [0.4, 0.5) is 0 Å². The van der Waals surface area contributed by atoms with E-state index in [4.69, 9.17) is 4.42 Å². The molecule has 20 heavy (non-hydrogen) atoms. The van der Waals surface area contributed by atoms with Crippen molar-refractivity contribution in [3.8, 4) is 11.1 Å². The van der Waals surface area contributed by atoms with Crippen LogP contribution in [0.15, 0.2) is 53.3 Å². The summed E-state index contributed by atoms with van der Waals surface area (Å²) >= 11 is 0. The molecular formula is C17H18N2O. The normalized spacial score (nSPS) is 11.3. The van der Waals surface area contributed by atoms with Crippen molar-refractivity contribution in [2.24, 2.45) is 0 Å². The first-order chi connectivity index (χ1) is 9.74. The van der Waals surface area contributed by atoms with Crippen molar-refractivity contribution in [3.63, 3.8) is 0 Å². The maximum absolute atomic E-state index is 5.60. The van der Waals surface area contributed by atoms with E-state index in [-0.39, 0.29) is 0 Å². The third-order valence-corrected chi connectivity index (χ3v) is 3.33. The van der Waals surface area contributed by atoms with Crippen LogP contribution in [-0.2, 0) is 6.54 Å². The van der Waals surface area contributed by atoms with Crippen LogP contribution >= 0.6 is 0 Å². The fourth-order valence-electron chi connectivity index (χ4n) is 2.27. The van der Waals surface area contributed by atoms with E-state index in [1.165, 1.54) is 0 Å². The van der Waals surface area contributed by atoms with Gasteiger partial charge < -0.3 is 9.73 Å². The van der Waals surface area contributed by atoms with E-state index in [0.717, 1.165) is 34.3 Å². The molecule has 3 aromatic rings. The molecule has 0 radical (unpaired) electrons. The topological polar surface area (TPSA) is 38.1 Å². The summed E-state index contributed by atoms with van der Waals surface area (Å²) < 4.78 is 5.60. The maximum Gasteiger partial charge on any atom is 0.125 e. The average Bonchev–Trinajstić information content (AvgIpc) is 2.93. The lowest BCUT2D eigenvalue weighted by Gasteiger charge is -2.08. The second-order valence-corrected chi connectivity index (χ2v) is 5.20. The van der Waals surface area contributed by atoms with Gasteiger partial charge in [0.1, 0.15) is 5.76 Å². The van der Waals surface area contributed by atoms with Gasteiger partial charge in [0, 0.05) is 23.2 Å². The summed E-state index contributed by atoms with van der Waals surface area (Å²) in [5.74, 6) is 0.967. The number of pyridine rings is 1. The van der Waals surface area contributed by atoms with E-state index in [0.29, 0.717) is 6.04 Å². The van der Waals surface area contributed by atoms with Crippen LogP contribution in [0.25, 0.3) is 22.0 Å². The highest BCUT2D eigenvalue weighted by Gasteiger charge is 2.09. The first-order valence-corrected chi connectivity index (χ1v) is 6.89. The van der Waals surface area contributed by atoms with Gasteiger partial charge in [-0.3, -0.25) is 4.98 Å². The molecule has 1 N–H and O–H groups in total. The fraction of sp³-hybridized carbons (Fsp3) is 0.235. The van der Waals surface area contributed by atoms with Crippen LogP contribution in [0.2, 0.25) is 0 Å². The van der Waals surface area contributed by atoms with Gasteiger partial charge in [0.15, 0.2) is 0 Å². The number of nitrogens with zero attached hydrogens (tertiary/aromatic N) is 1. The first kappa shape index (κ1) is 12.9. The van der Waals surface area contributed by atoms with E-state index in [1.54, 1.807) is 6.26 Å². The van der Waals surface area contributed by atoms with E-state index in [2.05, 4.69) is 48.4 Å². The molecule has 0 aliphatic heterocycles. The third kappa shape index (κ3) is 2.58. The molecule has 1 aromatic carbocycles. The molecule has 0 fully saturated rings. The van der Waals surface area contributed by atoms with Crippen molar-refractivity contribution in [1.29, 1.82) is 0 Å². The summed E-state index contributed by atoms with van der Waals surface area (Å²) in [6.07, 6.45) is 3.57. The number of aromatic nitrogens is 1. The standard InChI is InChI=1S/C17H18N2O/c1-12(2)19-11-17-15(7-9-20-17)14-6-5-13-4-3-8-18-16(13)10-14/h3-10,12,19H,11H2,1-2H3. The molecule has 0 spiro atoms. The van der Waals surface area contributed by atoms with Crippen LogP contribution in [0.5, 0.6) is 0 Å². The minimum Gasteiger partial charge on any atom is -0.467 e. The molecule has 3 heteroatoms. The van der Waals surface area contributed by atoms with Crippen molar-refractivity contribution >= 4 is 10.9 Å². The lowest BCUT2D eigenvalue weighted by Crippen LogP contribution is -2.21. The Morgan fingerprint density at radius 3 is 2.95 bits per heavy atom. The average molecular weight is 266 g/mol. The van der Waals surface area contributed by atoms with Gasteiger partial charge in [0.2, 0.25) is 0 Å². The molecule has 3 rings (SSSR count). The molecule has 2 aromatic heterocycles. The number of fused-ring (bicyclic) bond motifs is 1. The molecule has 0 atom stereocenters. The zero-order valence-electron chi connectivity index (χ0n) is 11.8. The Morgan fingerprint density at radius 1 is 1.20 bits per heavy atom. The highest BCUT2D eigenvalue weighted by molar-refractivity contribution is 5.84. The Labute approximate surface area is 118 Å². The summed E-state index contributed by atoms with van der Waals surface area (Å²) in [5, 5.41) is 4.54. The largest absolute Gasteiger partial charge is 0.467 e. The smallest absolute Gasteiger partial charge is 0.125 e. The quantitative estimate of drug-likeness (QED) is 0.775. The summed E-state index contributed by atoms with van der Waals surface area (Å²) in [5.41, 5.74) is 3.28. The van der Waals surface area contributed by atoms with E-state index in [9.17, 15) is 0 Å². The number of rotatable bonds is 4. The fourth-order valence-corrected chi connectivity index (χ4v) is 2.27. The molecular weight excluding hydrogens is 248 g/mol. The van der Waals surface area contributed by atoms with Crippen molar-refractivity contribution in [2.75, 3.05) is 0 Å². The monoisotopic (exact) mass is 266 g/mol. The van der Waals surface area contributed by atoms with Gasteiger partial charge in [-0.25, -0.2) is 0 Å². The summed E-state index contributed by atoms with van der Waals surface area (Å²) in [6.45, 7) is 4.99. The van der Waals surface area contributed by atoms with Gasteiger partial charge in [-0.2, -0.15) is 0 Å². The Kier molecular flexibility index (Phi) is 3.52. The molecule has 0 aliphatic carbocycles. The van der Waals surface area contributed by atoms with Crippen LogP contribution in [0, 0.1) is 0 Å². The zero-order valence-corrected chi connectivity index (χ0v) is 11.8. The minimum atomic E-state index is 0.436. The molecule has 102 valence electrons. The van der Waals surface area contributed by atoms with Gasteiger partial charge in [-0.05, 0) is 23.8 Å². The van der Waals surface area contributed by atoms with E-state index < -0.39 is 0 Å². The summed E-state index contributed by atoms with van der Waals surface area (Å²) in [7, 11) is 0. The molecule has 0 saturated heterocycles. The molecule has 0 saturated carbocycles.